The molecule has 0 fully saturated rings. The molecule has 0 heterocycles. The second kappa shape index (κ2) is 7.45. The summed E-state index contributed by atoms with van der Waals surface area (Å²) in [6, 6.07) is 3.39. The molecule has 0 aromatic heterocycles. The van der Waals surface area contributed by atoms with Crippen molar-refractivity contribution in [1.29, 1.82) is 0 Å². The van der Waals surface area contributed by atoms with Crippen molar-refractivity contribution in [2.45, 2.75) is 37.3 Å². The number of thioether (sulfide) groups is 1. The molecule has 0 saturated carbocycles. The van der Waals surface area contributed by atoms with Crippen LogP contribution in [0.1, 0.15) is 20.3 Å². The van der Waals surface area contributed by atoms with Crippen LogP contribution in [0.15, 0.2) is 23.1 Å². The van der Waals surface area contributed by atoms with Crippen LogP contribution >= 0.6 is 11.8 Å². The predicted octanol–water partition coefficient (Wildman–Crippen LogP) is 2.33. The van der Waals surface area contributed by atoms with E-state index in [1.54, 1.807) is 13.8 Å². The normalized spacial score (nSPS) is 13.9. The third kappa shape index (κ3) is 6.02. The summed E-state index contributed by atoms with van der Waals surface area (Å²) >= 11 is 1.13. The molecule has 0 spiro atoms. The van der Waals surface area contributed by atoms with E-state index in [1.807, 2.05) is 0 Å². The molecule has 2 atom stereocenters. The Morgan fingerprint density at radius 3 is 2.63 bits per heavy atom. The number of halogens is 2. The number of aliphatic hydroxyl groups excluding tert-OH is 1. The van der Waals surface area contributed by atoms with Crippen molar-refractivity contribution in [3.05, 3.63) is 29.8 Å². The van der Waals surface area contributed by atoms with Gasteiger partial charge in [0, 0.05) is 10.9 Å². The minimum atomic E-state index is -0.923. The van der Waals surface area contributed by atoms with Crippen LogP contribution in [-0.4, -0.2) is 28.9 Å². The third-order valence-corrected chi connectivity index (χ3v) is 3.36. The first-order valence-corrected chi connectivity index (χ1v) is 6.92. The summed E-state index contributed by atoms with van der Waals surface area (Å²) in [7, 11) is 0. The van der Waals surface area contributed by atoms with Gasteiger partial charge in [0.2, 0.25) is 5.91 Å². The van der Waals surface area contributed by atoms with Gasteiger partial charge in [0.05, 0.1) is 11.9 Å². The van der Waals surface area contributed by atoms with Crippen LogP contribution in [0.3, 0.4) is 0 Å². The third-order valence-electron chi connectivity index (χ3n) is 2.36. The van der Waals surface area contributed by atoms with Crippen LogP contribution in [0.25, 0.3) is 0 Å². The summed E-state index contributed by atoms with van der Waals surface area (Å²) in [5.41, 5.74) is 0. The highest BCUT2D eigenvalue weighted by molar-refractivity contribution is 8.00. The zero-order valence-electron chi connectivity index (χ0n) is 10.8. The molecule has 0 aliphatic carbocycles. The monoisotopic (exact) mass is 289 g/mol. The van der Waals surface area contributed by atoms with E-state index in [1.165, 1.54) is 6.07 Å². The summed E-state index contributed by atoms with van der Waals surface area (Å²) in [6.07, 6.45) is -0.00385. The van der Waals surface area contributed by atoms with Gasteiger partial charge in [-0.05, 0) is 38.5 Å². The Balaban J connectivity index is 2.39. The Kier molecular flexibility index (Phi) is 6.24. The first-order valence-electron chi connectivity index (χ1n) is 5.93. The fraction of sp³-hybridized carbons (Fsp3) is 0.462. The summed E-state index contributed by atoms with van der Waals surface area (Å²) in [4.78, 5) is 12.1. The van der Waals surface area contributed by atoms with Crippen molar-refractivity contribution in [3.63, 3.8) is 0 Å². The number of hydrogen-bond acceptors (Lipinski definition) is 3. The quantitative estimate of drug-likeness (QED) is 0.790. The van der Waals surface area contributed by atoms with Gasteiger partial charge in [-0.3, -0.25) is 4.79 Å². The Morgan fingerprint density at radius 1 is 1.37 bits per heavy atom. The lowest BCUT2D eigenvalue weighted by atomic mass is 10.1. The number of rotatable bonds is 6. The molecule has 1 rings (SSSR count). The van der Waals surface area contributed by atoms with E-state index in [4.69, 9.17) is 5.11 Å². The lowest BCUT2D eigenvalue weighted by Crippen LogP contribution is -2.35. The van der Waals surface area contributed by atoms with Gasteiger partial charge in [-0.15, -0.1) is 11.8 Å². The van der Waals surface area contributed by atoms with E-state index < -0.39 is 17.7 Å². The Labute approximate surface area is 115 Å². The summed E-state index contributed by atoms with van der Waals surface area (Å²) < 4.78 is 25.6. The maximum Gasteiger partial charge on any atom is 0.230 e. The van der Waals surface area contributed by atoms with Crippen LogP contribution in [0.4, 0.5) is 8.78 Å². The highest BCUT2D eigenvalue weighted by Gasteiger charge is 2.10. The minimum absolute atomic E-state index is 0.120. The maximum absolute atomic E-state index is 12.9. The average Bonchev–Trinajstić information content (AvgIpc) is 2.29. The number of carbonyl (C=O) groups excluding carboxylic acids is 1. The molecule has 0 saturated heterocycles. The molecule has 0 aliphatic rings. The van der Waals surface area contributed by atoms with Gasteiger partial charge >= 0.3 is 0 Å². The minimum Gasteiger partial charge on any atom is -0.393 e. The zero-order chi connectivity index (χ0) is 14.4. The molecule has 3 nitrogen and oxygen atoms in total. The Morgan fingerprint density at radius 2 is 2.05 bits per heavy atom. The molecule has 1 amide bonds. The van der Waals surface area contributed by atoms with Gasteiger partial charge in [-0.2, -0.15) is 0 Å². The molecule has 19 heavy (non-hydrogen) atoms. The molecule has 0 aliphatic heterocycles. The van der Waals surface area contributed by atoms with E-state index >= 15 is 0 Å². The Hall–Kier alpha value is -1.14. The van der Waals surface area contributed by atoms with Crippen LogP contribution in [0, 0.1) is 11.6 Å². The summed E-state index contributed by atoms with van der Waals surface area (Å²) in [5, 5.41) is 11.9. The van der Waals surface area contributed by atoms with Crippen molar-refractivity contribution in [2.24, 2.45) is 0 Å². The summed E-state index contributed by atoms with van der Waals surface area (Å²) in [6.45, 7) is 3.45. The number of carbonyl (C=O) groups is 1. The largest absolute Gasteiger partial charge is 0.393 e. The molecular formula is C13H17F2NO2S. The number of aliphatic hydroxyl groups is 1. The molecule has 1 aromatic rings. The topological polar surface area (TPSA) is 49.3 Å². The van der Waals surface area contributed by atoms with Gasteiger partial charge < -0.3 is 10.4 Å². The molecular weight excluding hydrogens is 272 g/mol. The van der Waals surface area contributed by atoms with Crippen molar-refractivity contribution in [2.75, 3.05) is 5.75 Å². The number of amides is 1. The molecule has 1 aromatic carbocycles. The lowest BCUT2D eigenvalue weighted by Gasteiger charge is -2.15. The maximum atomic E-state index is 12.9. The molecule has 0 bridgehead atoms. The van der Waals surface area contributed by atoms with Gasteiger partial charge in [0.15, 0.2) is 11.6 Å². The molecule has 2 N–H and O–H groups in total. The number of benzene rings is 1. The van der Waals surface area contributed by atoms with Crippen molar-refractivity contribution in [3.8, 4) is 0 Å². The van der Waals surface area contributed by atoms with Crippen molar-refractivity contribution < 1.29 is 18.7 Å². The fourth-order valence-corrected chi connectivity index (χ4v) is 2.33. The standard InChI is InChI=1S/C13H17F2NO2S/c1-8(5-9(2)17)16-13(18)7-19-10-3-4-11(14)12(15)6-10/h3-4,6,8-9,17H,5,7H2,1-2H3,(H,16,18). The molecule has 0 radical (unpaired) electrons. The van der Waals surface area contributed by atoms with E-state index in [9.17, 15) is 13.6 Å². The molecule has 106 valence electrons. The second-order valence-corrected chi connectivity index (χ2v) is 5.47. The van der Waals surface area contributed by atoms with Crippen molar-refractivity contribution in [1.82, 2.24) is 5.32 Å². The molecule has 2 unspecified atom stereocenters. The van der Waals surface area contributed by atoms with Crippen LogP contribution in [0.2, 0.25) is 0 Å². The summed E-state index contributed by atoms with van der Waals surface area (Å²) in [5.74, 6) is -1.91. The van der Waals surface area contributed by atoms with Crippen molar-refractivity contribution >= 4 is 17.7 Å². The van der Waals surface area contributed by atoms with Crippen LogP contribution in [-0.2, 0) is 4.79 Å². The highest BCUT2D eigenvalue weighted by Crippen LogP contribution is 2.20. The smallest absolute Gasteiger partial charge is 0.230 e. The Bertz CT molecular complexity index is 441. The van der Waals surface area contributed by atoms with Gasteiger partial charge in [-0.25, -0.2) is 8.78 Å². The zero-order valence-corrected chi connectivity index (χ0v) is 11.6. The fourth-order valence-electron chi connectivity index (χ4n) is 1.60. The van der Waals surface area contributed by atoms with E-state index in [0.29, 0.717) is 11.3 Å². The second-order valence-electron chi connectivity index (χ2n) is 4.42. The average molecular weight is 289 g/mol. The van der Waals surface area contributed by atoms with Gasteiger partial charge in [0.25, 0.3) is 0 Å². The van der Waals surface area contributed by atoms with E-state index in [0.717, 1.165) is 23.9 Å². The number of hydrogen-bond donors (Lipinski definition) is 2. The molecule has 6 heteroatoms. The first-order chi connectivity index (χ1) is 8.88. The van der Waals surface area contributed by atoms with Gasteiger partial charge in [-0.1, -0.05) is 0 Å². The van der Waals surface area contributed by atoms with Gasteiger partial charge in [0.1, 0.15) is 0 Å². The first kappa shape index (κ1) is 15.9. The predicted molar refractivity (Wildman–Crippen MR) is 71.0 cm³/mol. The SMILES string of the molecule is CC(O)CC(C)NC(=O)CSc1ccc(F)c(F)c1. The number of nitrogens with one attached hydrogen (secondary N) is 1. The van der Waals surface area contributed by atoms with Crippen LogP contribution in [0.5, 0.6) is 0 Å². The van der Waals surface area contributed by atoms with E-state index in [2.05, 4.69) is 5.32 Å². The lowest BCUT2D eigenvalue weighted by molar-refractivity contribution is -0.119. The van der Waals surface area contributed by atoms with E-state index in [-0.39, 0.29) is 17.7 Å². The van der Waals surface area contributed by atoms with Crippen LogP contribution < -0.4 is 5.32 Å². The highest BCUT2D eigenvalue weighted by atomic mass is 32.2.